The molecule has 0 aliphatic carbocycles. The van der Waals surface area contributed by atoms with Crippen LogP contribution in [0.25, 0.3) is 0 Å². The number of ether oxygens (including phenoxy) is 1. The van der Waals surface area contributed by atoms with Crippen molar-refractivity contribution in [2.45, 2.75) is 26.3 Å². The Kier molecular flexibility index (Phi) is 5.49. The van der Waals surface area contributed by atoms with Crippen LogP contribution in [0, 0.1) is 6.92 Å². The Morgan fingerprint density at radius 1 is 1.35 bits per heavy atom. The highest BCUT2D eigenvalue weighted by molar-refractivity contribution is 7.05. The molecule has 0 bridgehead atoms. The van der Waals surface area contributed by atoms with Gasteiger partial charge in [-0.25, -0.2) is 0 Å². The lowest BCUT2D eigenvalue weighted by molar-refractivity contribution is -0.121. The van der Waals surface area contributed by atoms with Crippen molar-refractivity contribution >= 4 is 17.4 Å². The zero-order chi connectivity index (χ0) is 14.2. The molecule has 1 heterocycles. The minimum Gasteiger partial charge on any atom is -0.494 e. The number of nitrogens with zero attached hydrogens (tertiary/aromatic N) is 2. The average Bonchev–Trinajstić information content (AvgIpc) is 2.88. The van der Waals surface area contributed by atoms with Crippen LogP contribution in [0.15, 0.2) is 30.3 Å². The summed E-state index contributed by atoms with van der Waals surface area (Å²) in [5.74, 6) is 0.855. The van der Waals surface area contributed by atoms with Gasteiger partial charge in [0.25, 0.3) is 0 Å². The molecule has 6 heteroatoms. The van der Waals surface area contributed by atoms with Crippen LogP contribution in [0.2, 0.25) is 0 Å². The largest absolute Gasteiger partial charge is 0.494 e. The Morgan fingerprint density at radius 2 is 2.15 bits per heavy atom. The standard InChI is InChI=1S/C14H17N3O2S/c1-11-13(20-17-16-11)10-15-14(18)8-5-9-19-12-6-3-2-4-7-12/h2-4,6-7H,5,8-10H2,1H3,(H,15,18). The molecule has 0 spiro atoms. The summed E-state index contributed by atoms with van der Waals surface area (Å²) in [4.78, 5) is 12.7. The lowest BCUT2D eigenvalue weighted by Crippen LogP contribution is -2.22. The van der Waals surface area contributed by atoms with Gasteiger partial charge in [0, 0.05) is 6.42 Å². The first-order valence-corrected chi connectivity index (χ1v) is 7.25. The van der Waals surface area contributed by atoms with Gasteiger partial charge in [0.05, 0.1) is 23.7 Å². The summed E-state index contributed by atoms with van der Waals surface area (Å²) in [6.45, 7) is 2.93. The highest BCUT2D eigenvalue weighted by Gasteiger charge is 2.06. The SMILES string of the molecule is Cc1nnsc1CNC(=O)CCCOc1ccccc1. The maximum Gasteiger partial charge on any atom is 0.220 e. The van der Waals surface area contributed by atoms with E-state index in [9.17, 15) is 4.79 Å². The number of aryl methyl sites for hydroxylation is 1. The maximum atomic E-state index is 11.7. The van der Waals surface area contributed by atoms with Gasteiger partial charge in [0.15, 0.2) is 0 Å². The Hall–Kier alpha value is -1.95. The van der Waals surface area contributed by atoms with Crippen molar-refractivity contribution in [3.8, 4) is 5.75 Å². The van der Waals surface area contributed by atoms with E-state index in [-0.39, 0.29) is 5.91 Å². The Morgan fingerprint density at radius 3 is 2.85 bits per heavy atom. The lowest BCUT2D eigenvalue weighted by Gasteiger charge is -2.06. The molecule has 106 valence electrons. The third kappa shape index (κ3) is 4.62. The van der Waals surface area contributed by atoms with E-state index >= 15 is 0 Å². The van der Waals surface area contributed by atoms with Gasteiger partial charge in [-0.15, -0.1) is 5.10 Å². The molecule has 0 aliphatic rings. The van der Waals surface area contributed by atoms with Gasteiger partial charge in [0.2, 0.25) is 5.91 Å². The summed E-state index contributed by atoms with van der Waals surface area (Å²) >= 11 is 1.32. The second-order valence-corrected chi connectivity index (χ2v) is 5.16. The number of hydrogen-bond acceptors (Lipinski definition) is 5. The van der Waals surface area contributed by atoms with Gasteiger partial charge in [0.1, 0.15) is 5.75 Å². The topological polar surface area (TPSA) is 64.1 Å². The van der Waals surface area contributed by atoms with Gasteiger partial charge in [-0.2, -0.15) is 0 Å². The molecule has 0 saturated heterocycles. The number of carbonyl (C=O) groups is 1. The predicted octanol–water partition coefficient (Wildman–Crippen LogP) is 2.32. The molecule has 0 saturated carbocycles. The smallest absolute Gasteiger partial charge is 0.220 e. The lowest BCUT2D eigenvalue weighted by atomic mass is 10.3. The molecule has 2 aromatic rings. The van der Waals surface area contributed by atoms with Crippen molar-refractivity contribution in [3.63, 3.8) is 0 Å². The zero-order valence-corrected chi connectivity index (χ0v) is 12.2. The Labute approximate surface area is 122 Å². The van der Waals surface area contributed by atoms with E-state index in [2.05, 4.69) is 14.9 Å². The highest BCUT2D eigenvalue weighted by atomic mass is 32.1. The fraction of sp³-hybridized carbons (Fsp3) is 0.357. The minimum atomic E-state index is 0.0226. The van der Waals surface area contributed by atoms with Crippen LogP contribution in [0.5, 0.6) is 5.75 Å². The number of amides is 1. The van der Waals surface area contributed by atoms with Crippen molar-refractivity contribution in [3.05, 3.63) is 40.9 Å². The van der Waals surface area contributed by atoms with Gasteiger partial charge in [-0.1, -0.05) is 22.7 Å². The third-order valence-electron chi connectivity index (χ3n) is 2.75. The van der Waals surface area contributed by atoms with Crippen molar-refractivity contribution in [1.82, 2.24) is 14.9 Å². The number of nitrogens with one attached hydrogen (secondary N) is 1. The Bertz CT molecular complexity index is 542. The van der Waals surface area contributed by atoms with Crippen LogP contribution in [0.3, 0.4) is 0 Å². The average molecular weight is 291 g/mol. The summed E-state index contributed by atoms with van der Waals surface area (Å²) in [7, 11) is 0. The fourth-order valence-electron chi connectivity index (χ4n) is 1.62. The highest BCUT2D eigenvalue weighted by Crippen LogP contribution is 2.09. The summed E-state index contributed by atoms with van der Waals surface area (Å²) in [5.41, 5.74) is 0.878. The van der Waals surface area contributed by atoms with Crippen LogP contribution in [-0.2, 0) is 11.3 Å². The molecule has 0 aliphatic heterocycles. The molecule has 1 aromatic carbocycles. The maximum absolute atomic E-state index is 11.7. The number of para-hydroxylation sites is 1. The molecule has 0 radical (unpaired) electrons. The van der Waals surface area contributed by atoms with Gasteiger partial charge >= 0.3 is 0 Å². The quantitative estimate of drug-likeness (QED) is 0.795. The number of rotatable bonds is 7. The molecule has 2 rings (SSSR count). The molecular weight excluding hydrogens is 274 g/mol. The first-order chi connectivity index (χ1) is 9.75. The second kappa shape index (κ2) is 7.59. The number of carbonyl (C=O) groups excluding carboxylic acids is 1. The van der Waals surface area contributed by atoms with E-state index in [0.717, 1.165) is 16.3 Å². The van der Waals surface area contributed by atoms with E-state index in [1.54, 1.807) is 0 Å². The van der Waals surface area contributed by atoms with E-state index < -0.39 is 0 Å². The van der Waals surface area contributed by atoms with Crippen molar-refractivity contribution in [2.75, 3.05) is 6.61 Å². The second-order valence-electron chi connectivity index (χ2n) is 4.32. The fourth-order valence-corrected chi connectivity index (χ4v) is 2.19. The van der Waals surface area contributed by atoms with E-state index in [1.165, 1.54) is 11.5 Å². The van der Waals surface area contributed by atoms with Gasteiger partial charge in [-0.3, -0.25) is 4.79 Å². The zero-order valence-electron chi connectivity index (χ0n) is 11.3. The molecule has 1 N–H and O–H groups in total. The molecule has 20 heavy (non-hydrogen) atoms. The molecule has 0 unspecified atom stereocenters. The number of benzene rings is 1. The Balaban J connectivity index is 1.60. The van der Waals surface area contributed by atoms with Crippen molar-refractivity contribution in [2.24, 2.45) is 0 Å². The molecule has 1 aromatic heterocycles. The van der Waals surface area contributed by atoms with Gasteiger partial charge < -0.3 is 10.1 Å². The van der Waals surface area contributed by atoms with Gasteiger partial charge in [-0.05, 0) is 37.0 Å². The summed E-state index contributed by atoms with van der Waals surface area (Å²) < 4.78 is 9.36. The first kappa shape index (κ1) is 14.5. The molecule has 0 fully saturated rings. The normalized spacial score (nSPS) is 10.2. The molecule has 5 nitrogen and oxygen atoms in total. The molecule has 1 amide bonds. The van der Waals surface area contributed by atoms with Crippen LogP contribution < -0.4 is 10.1 Å². The van der Waals surface area contributed by atoms with Crippen LogP contribution in [0.4, 0.5) is 0 Å². The van der Waals surface area contributed by atoms with E-state index in [1.807, 2.05) is 37.3 Å². The minimum absolute atomic E-state index is 0.0226. The van der Waals surface area contributed by atoms with Crippen LogP contribution in [-0.4, -0.2) is 22.1 Å². The molecular formula is C14H17N3O2S. The number of aromatic nitrogens is 2. The van der Waals surface area contributed by atoms with Crippen LogP contribution >= 0.6 is 11.5 Å². The van der Waals surface area contributed by atoms with Crippen molar-refractivity contribution in [1.29, 1.82) is 0 Å². The summed E-state index contributed by atoms with van der Waals surface area (Å²) in [6, 6.07) is 9.59. The van der Waals surface area contributed by atoms with Crippen LogP contribution in [0.1, 0.15) is 23.4 Å². The molecule has 0 atom stereocenters. The summed E-state index contributed by atoms with van der Waals surface area (Å²) in [5, 5.41) is 6.76. The summed E-state index contributed by atoms with van der Waals surface area (Å²) in [6.07, 6.45) is 1.15. The van der Waals surface area contributed by atoms with E-state index in [0.29, 0.717) is 26.0 Å². The van der Waals surface area contributed by atoms with Crippen molar-refractivity contribution < 1.29 is 9.53 Å². The predicted molar refractivity (Wildman–Crippen MR) is 77.7 cm³/mol. The van der Waals surface area contributed by atoms with E-state index in [4.69, 9.17) is 4.74 Å². The third-order valence-corrected chi connectivity index (χ3v) is 3.58. The first-order valence-electron chi connectivity index (χ1n) is 6.48. The number of hydrogen-bond donors (Lipinski definition) is 1. The monoisotopic (exact) mass is 291 g/mol.